The molecule has 1 aliphatic rings. The average Bonchev–Trinajstić information content (AvgIpc) is 3.25. The molecular formula is C17H23N5O3. The van der Waals surface area contributed by atoms with Crippen LogP contribution in [-0.2, 0) is 18.4 Å². The topological polar surface area (TPSA) is 92.4 Å². The number of amides is 2. The molecule has 0 aliphatic carbocycles. The van der Waals surface area contributed by atoms with E-state index in [1.54, 1.807) is 36.3 Å². The Morgan fingerprint density at radius 2 is 2.28 bits per heavy atom. The number of carbonyl (C=O) groups is 2. The van der Waals surface area contributed by atoms with Gasteiger partial charge in [0, 0.05) is 25.8 Å². The summed E-state index contributed by atoms with van der Waals surface area (Å²) in [6, 6.07) is 5.34. The lowest BCUT2D eigenvalue weighted by molar-refractivity contribution is -0.122. The SMILES string of the molecule is Cn1ccc(C(=O)NC2CCCN(CC(=O)NCc3ccco3)C2)n1. The highest BCUT2D eigenvalue weighted by Gasteiger charge is 2.23. The fourth-order valence-electron chi connectivity index (χ4n) is 2.97. The van der Waals surface area contributed by atoms with Crippen LogP contribution >= 0.6 is 0 Å². The Kier molecular flexibility index (Phi) is 5.49. The molecule has 134 valence electrons. The number of piperidine rings is 1. The molecule has 2 aromatic heterocycles. The lowest BCUT2D eigenvalue weighted by Crippen LogP contribution is -2.50. The van der Waals surface area contributed by atoms with Gasteiger partial charge in [-0.25, -0.2) is 0 Å². The largest absolute Gasteiger partial charge is 0.467 e. The minimum atomic E-state index is -0.172. The molecule has 0 bridgehead atoms. The first kappa shape index (κ1) is 17.2. The van der Waals surface area contributed by atoms with Crippen molar-refractivity contribution in [3.8, 4) is 0 Å². The standard InChI is InChI=1S/C17H23N5O3/c1-21-8-6-15(20-21)17(24)19-13-4-2-7-22(11-13)12-16(23)18-10-14-5-3-9-25-14/h3,5-6,8-9,13H,2,4,7,10-12H2,1H3,(H,18,23)(H,19,24). The molecule has 1 saturated heterocycles. The average molecular weight is 345 g/mol. The smallest absolute Gasteiger partial charge is 0.272 e. The number of hydrogen-bond donors (Lipinski definition) is 2. The van der Waals surface area contributed by atoms with Crippen LogP contribution in [0.3, 0.4) is 0 Å². The molecule has 3 rings (SSSR count). The van der Waals surface area contributed by atoms with Gasteiger partial charge in [-0.2, -0.15) is 5.10 Å². The van der Waals surface area contributed by atoms with Gasteiger partial charge in [-0.1, -0.05) is 0 Å². The molecule has 1 aliphatic heterocycles. The van der Waals surface area contributed by atoms with Crippen molar-refractivity contribution >= 4 is 11.8 Å². The summed E-state index contributed by atoms with van der Waals surface area (Å²) in [5, 5.41) is 9.96. The molecule has 1 unspecified atom stereocenters. The second kappa shape index (κ2) is 7.98. The van der Waals surface area contributed by atoms with E-state index in [-0.39, 0.29) is 17.9 Å². The number of furan rings is 1. The molecule has 3 heterocycles. The molecule has 2 N–H and O–H groups in total. The van der Waals surface area contributed by atoms with Gasteiger partial charge in [0.2, 0.25) is 5.91 Å². The molecule has 8 heteroatoms. The van der Waals surface area contributed by atoms with E-state index in [4.69, 9.17) is 4.42 Å². The fourth-order valence-corrected chi connectivity index (χ4v) is 2.97. The number of carbonyl (C=O) groups excluding carboxylic acids is 2. The van der Waals surface area contributed by atoms with Crippen LogP contribution in [0.15, 0.2) is 35.1 Å². The predicted molar refractivity (Wildman–Crippen MR) is 90.7 cm³/mol. The van der Waals surface area contributed by atoms with Crippen molar-refractivity contribution in [3.63, 3.8) is 0 Å². The van der Waals surface area contributed by atoms with Crippen molar-refractivity contribution in [3.05, 3.63) is 42.1 Å². The third-order valence-corrected chi connectivity index (χ3v) is 4.19. The Balaban J connectivity index is 1.44. The van der Waals surface area contributed by atoms with Crippen molar-refractivity contribution in [1.29, 1.82) is 0 Å². The maximum absolute atomic E-state index is 12.2. The Bertz CT molecular complexity index is 710. The van der Waals surface area contributed by atoms with Gasteiger partial charge in [-0.15, -0.1) is 0 Å². The molecule has 8 nitrogen and oxygen atoms in total. The van der Waals surface area contributed by atoms with Crippen molar-refractivity contribution < 1.29 is 14.0 Å². The first-order chi connectivity index (χ1) is 12.1. The van der Waals surface area contributed by atoms with E-state index in [1.165, 1.54) is 0 Å². The number of nitrogens with one attached hydrogen (secondary N) is 2. The molecule has 2 aromatic rings. The fraction of sp³-hybridized carbons (Fsp3) is 0.471. The third kappa shape index (κ3) is 4.93. The predicted octanol–water partition coefficient (Wildman–Crippen LogP) is 0.524. The number of nitrogens with zero attached hydrogens (tertiary/aromatic N) is 3. The molecule has 0 radical (unpaired) electrons. The van der Waals surface area contributed by atoms with E-state index in [2.05, 4.69) is 20.6 Å². The van der Waals surface area contributed by atoms with E-state index in [9.17, 15) is 9.59 Å². The Labute approximate surface area is 146 Å². The van der Waals surface area contributed by atoms with E-state index in [0.29, 0.717) is 25.3 Å². The van der Waals surface area contributed by atoms with Crippen molar-refractivity contribution in [1.82, 2.24) is 25.3 Å². The summed E-state index contributed by atoms with van der Waals surface area (Å²) in [6.07, 6.45) is 5.17. The normalized spacial score (nSPS) is 18.0. The first-order valence-electron chi connectivity index (χ1n) is 8.42. The lowest BCUT2D eigenvalue weighted by Gasteiger charge is -2.32. The van der Waals surface area contributed by atoms with Crippen LogP contribution in [0.2, 0.25) is 0 Å². The summed E-state index contributed by atoms with van der Waals surface area (Å²) in [4.78, 5) is 26.3. The third-order valence-electron chi connectivity index (χ3n) is 4.19. The Morgan fingerprint density at radius 3 is 3.00 bits per heavy atom. The van der Waals surface area contributed by atoms with Gasteiger partial charge < -0.3 is 15.1 Å². The molecule has 1 atom stereocenters. The highest BCUT2D eigenvalue weighted by atomic mass is 16.3. The van der Waals surface area contributed by atoms with Crippen molar-refractivity contribution in [2.75, 3.05) is 19.6 Å². The first-order valence-corrected chi connectivity index (χ1v) is 8.42. The van der Waals surface area contributed by atoms with Gasteiger partial charge in [0.1, 0.15) is 11.5 Å². The molecule has 0 spiro atoms. The molecule has 0 aromatic carbocycles. The number of aryl methyl sites for hydroxylation is 1. The number of hydrogen-bond acceptors (Lipinski definition) is 5. The zero-order valence-electron chi connectivity index (χ0n) is 14.3. The number of aromatic nitrogens is 2. The minimum Gasteiger partial charge on any atom is -0.467 e. The maximum Gasteiger partial charge on any atom is 0.272 e. The quantitative estimate of drug-likeness (QED) is 0.796. The van der Waals surface area contributed by atoms with E-state index >= 15 is 0 Å². The molecule has 0 saturated carbocycles. The highest BCUT2D eigenvalue weighted by Crippen LogP contribution is 2.10. The number of rotatable bonds is 6. The highest BCUT2D eigenvalue weighted by molar-refractivity contribution is 5.92. The molecule has 1 fully saturated rings. The van der Waals surface area contributed by atoms with Crippen LogP contribution in [0.5, 0.6) is 0 Å². The van der Waals surface area contributed by atoms with Gasteiger partial charge in [0.05, 0.1) is 19.4 Å². The zero-order chi connectivity index (χ0) is 17.6. The van der Waals surface area contributed by atoms with Crippen molar-refractivity contribution in [2.24, 2.45) is 7.05 Å². The van der Waals surface area contributed by atoms with E-state index < -0.39 is 0 Å². The van der Waals surface area contributed by atoms with Gasteiger partial charge in [-0.3, -0.25) is 19.2 Å². The van der Waals surface area contributed by atoms with Gasteiger partial charge in [0.25, 0.3) is 5.91 Å². The van der Waals surface area contributed by atoms with Gasteiger partial charge in [0.15, 0.2) is 0 Å². The minimum absolute atomic E-state index is 0.0288. The van der Waals surface area contributed by atoms with Crippen LogP contribution in [-0.4, -0.2) is 52.2 Å². The molecule has 25 heavy (non-hydrogen) atoms. The van der Waals surface area contributed by atoms with Crippen LogP contribution in [0.25, 0.3) is 0 Å². The van der Waals surface area contributed by atoms with Crippen LogP contribution in [0, 0.1) is 0 Å². The molecular weight excluding hydrogens is 322 g/mol. The second-order valence-corrected chi connectivity index (χ2v) is 6.28. The summed E-state index contributed by atoms with van der Waals surface area (Å²) < 4.78 is 6.80. The maximum atomic E-state index is 12.2. The summed E-state index contributed by atoms with van der Waals surface area (Å²) in [6.45, 7) is 2.22. The zero-order valence-corrected chi connectivity index (χ0v) is 14.3. The monoisotopic (exact) mass is 345 g/mol. The number of likely N-dealkylation sites (tertiary alicyclic amines) is 1. The van der Waals surface area contributed by atoms with Crippen LogP contribution in [0.4, 0.5) is 0 Å². The summed E-state index contributed by atoms with van der Waals surface area (Å²) in [7, 11) is 1.78. The van der Waals surface area contributed by atoms with Gasteiger partial charge in [-0.05, 0) is 37.6 Å². The second-order valence-electron chi connectivity index (χ2n) is 6.28. The Hall–Kier alpha value is -2.61. The van der Waals surface area contributed by atoms with Crippen LogP contribution < -0.4 is 10.6 Å². The summed E-state index contributed by atoms with van der Waals surface area (Å²) in [5.74, 6) is 0.510. The molecule has 2 amide bonds. The van der Waals surface area contributed by atoms with E-state index in [0.717, 1.165) is 25.1 Å². The van der Waals surface area contributed by atoms with Crippen LogP contribution in [0.1, 0.15) is 29.1 Å². The van der Waals surface area contributed by atoms with Gasteiger partial charge >= 0.3 is 0 Å². The summed E-state index contributed by atoms with van der Waals surface area (Å²) in [5.41, 5.74) is 0.413. The Morgan fingerprint density at radius 1 is 1.40 bits per heavy atom. The van der Waals surface area contributed by atoms with E-state index in [1.807, 2.05) is 6.07 Å². The lowest BCUT2D eigenvalue weighted by atomic mass is 10.1. The summed E-state index contributed by atoms with van der Waals surface area (Å²) >= 11 is 0. The van der Waals surface area contributed by atoms with Crippen molar-refractivity contribution in [2.45, 2.75) is 25.4 Å².